The fourth-order valence-electron chi connectivity index (χ4n) is 7.13. The van der Waals surface area contributed by atoms with Gasteiger partial charge in [0.2, 0.25) is 11.8 Å². The first-order valence-electron chi connectivity index (χ1n) is 17.4. The third kappa shape index (κ3) is 10.7. The van der Waals surface area contributed by atoms with Gasteiger partial charge in [0.05, 0.1) is 23.8 Å². The molecule has 320 valence electrons. The van der Waals surface area contributed by atoms with Gasteiger partial charge in [-0.15, -0.1) is 0 Å². The average Bonchev–Trinajstić information content (AvgIpc) is 4.04. The third-order valence-electron chi connectivity index (χ3n) is 10.5. The van der Waals surface area contributed by atoms with E-state index in [1.165, 1.54) is 12.4 Å². The van der Waals surface area contributed by atoms with E-state index in [0.717, 1.165) is 9.80 Å². The molecule has 58 heavy (non-hydrogen) atoms. The molecule has 0 unspecified atom stereocenters. The predicted molar refractivity (Wildman–Crippen MR) is 173 cm³/mol. The highest BCUT2D eigenvalue weighted by atomic mass is 19.4. The van der Waals surface area contributed by atoms with Crippen LogP contribution < -0.4 is 10.6 Å². The number of halogens is 12. The maximum atomic E-state index is 12.5. The SMILES string of the molecule is O=C(Nc1cccnc1)[C@@H]1CC12CCN(C(=O)OC(C(F)(F)F)C(F)(F)F)CC2.O=C(Nc1cccnc1)[C@H]1CC12CCN(C(=O)OC(C(F)(F)F)C(F)(F)F)CC2. The summed E-state index contributed by atoms with van der Waals surface area (Å²) >= 11 is 0. The molecule has 4 fully saturated rings. The Hall–Kier alpha value is -5.06. The number of nitrogens with zero attached hydrogens (tertiary/aromatic N) is 4. The number of hydrogen-bond acceptors (Lipinski definition) is 8. The van der Waals surface area contributed by atoms with Gasteiger partial charge in [0.15, 0.2) is 0 Å². The zero-order valence-electron chi connectivity index (χ0n) is 29.8. The number of aromatic nitrogens is 2. The number of amides is 4. The summed E-state index contributed by atoms with van der Waals surface area (Å²) in [6, 6.07) is 6.63. The van der Waals surface area contributed by atoms with E-state index in [2.05, 4.69) is 30.1 Å². The van der Waals surface area contributed by atoms with E-state index in [0.29, 0.717) is 24.2 Å². The first-order chi connectivity index (χ1) is 26.8. The molecule has 2 aliphatic heterocycles. The minimum atomic E-state index is -5.75. The monoisotopic (exact) mass is 850 g/mol. The molecule has 0 aromatic carbocycles. The summed E-state index contributed by atoms with van der Waals surface area (Å²) in [5, 5.41) is 5.42. The van der Waals surface area contributed by atoms with Gasteiger partial charge in [0, 0.05) is 50.4 Å². The Kier molecular flexibility index (Phi) is 12.4. The van der Waals surface area contributed by atoms with Gasteiger partial charge >= 0.3 is 36.9 Å². The summed E-state index contributed by atoms with van der Waals surface area (Å²) in [5.74, 6) is -1.13. The van der Waals surface area contributed by atoms with Crippen molar-refractivity contribution in [2.45, 2.75) is 75.4 Å². The number of hydrogen-bond donors (Lipinski definition) is 2. The van der Waals surface area contributed by atoms with E-state index in [4.69, 9.17) is 0 Å². The highest BCUT2D eigenvalue weighted by molar-refractivity contribution is 5.95. The van der Waals surface area contributed by atoms with Crippen LogP contribution in [0.2, 0.25) is 0 Å². The van der Waals surface area contributed by atoms with Crippen molar-refractivity contribution in [1.29, 1.82) is 0 Å². The smallest absolute Gasteiger partial charge is 0.426 e. The fraction of sp³-hybridized carbons (Fsp3) is 0.588. The number of alkyl halides is 12. The van der Waals surface area contributed by atoms with Crippen molar-refractivity contribution in [3.05, 3.63) is 49.1 Å². The number of anilines is 2. The Morgan fingerprint density at radius 2 is 0.897 bits per heavy atom. The van der Waals surface area contributed by atoms with Crippen LogP contribution in [0.3, 0.4) is 0 Å². The van der Waals surface area contributed by atoms with Crippen LogP contribution in [0.15, 0.2) is 49.1 Å². The van der Waals surface area contributed by atoms with Crippen molar-refractivity contribution in [1.82, 2.24) is 19.8 Å². The molecule has 2 spiro atoms. The first kappa shape index (κ1) is 44.1. The second-order valence-electron chi connectivity index (χ2n) is 14.4. The second-order valence-corrected chi connectivity index (χ2v) is 14.4. The van der Waals surface area contributed by atoms with Gasteiger partial charge in [0.25, 0.3) is 12.2 Å². The van der Waals surface area contributed by atoms with Crippen LogP contribution in [0.4, 0.5) is 73.6 Å². The van der Waals surface area contributed by atoms with E-state index in [1.807, 2.05) is 0 Å². The number of likely N-dealkylation sites (tertiary alicyclic amines) is 2. The third-order valence-corrected chi connectivity index (χ3v) is 10.5. The van der Waals surface area contributed by atoms with Crippen LogP contribution in [-0.2, 0) is 19.1 Å². The number of rotatable bonds is 6. The number of carbonyl (C=O) groups excluding carboxylic acids is 4. The zero-order chi connectivity index (χ0) is 42.9. The lowest BCUT2D eigenvalue weighted by Crippen LogP contribution is -2.49. The van der Waals surface area contributed by atoms with E-state index in [-0.39, 0.29) is 75.5 Å². The predicted octanol–water partition coefficient (Wildman–Crippen LogP) is 7.50. The Morgan fingerprint density at radius 1 is 0.586 bits per heavy atom. The molecule has 4 heterocycles. The summed E-state index contributed by atoms with van der Waals surface area (Å²) in [5.41, 5.74) is 0.226. The van der Waals surface area contributed by atoms with Crippen LogP contribution in [0.5, 0.6) is 0 Å². The number of carbonyl (C=O) groups is 4. The van der Waals surface area contributed by atoms with Gasteiger partial charge in [-0.1, -0.05) is 0 Å². The lowest BCUT2D eigenvalue weighted by molar-refractivity contribution is -0.309. The molecule has 4 amide bonds. The normalized spacial score (nSPS) is 21.2. The molecule has 24 heteroatoms. The summed E-state index contributed by atoms with van der Waals surface area (Å²) in [4.78, 5) is 57.7. The molecule has 6 rings (SSSR count). The lowest BCUT2D eigenvalue weighted by atomic mass is 9.91. The van der Waals surface area contributed by atoms with Gasteiger partial charge in [-0.2, -0.15) is 52.7 Å². The minimum absolute atomic E-state index is 0.0854. The number of pyridine rings is 2. The number of ether oxygens (including phenoxy) is 2. The number of nitrogens with one attached hydrogen (secondary N) is 2. The molecular weight excluding hydrogens is 816 g/mol. The first-order valence-corrected chi connectivity index (χ1v) is 17.4. The van der Waals surface area contributed by atoms with E-state index in [9.17, 15) is 71.9 Å². The van der Waals surface area contributed by atoms with Gasteiger partial charge in [-0.05, 0) is 73.6 Å². The Bertz CT molecular complexity index is 1620. The zero-order valence-corrected chi connectivity index (χ0v) is 29.8. The topological polar surface area (TPSA) is 143 Å². The molecule has 0 bridgehead atoms. The van der Waals surface area contributed by atoms with Gasteiger partial charge in [0.1, 0.15) is 0 Å². The van der Waals surface area contributed by atoms with Crippen molar-refractivity contribution >= 4 is 35.4 Å². The largest absolute Gasteiger partial charge is 0.434 e. The number of piperidine rings is 2. The Balaban J connectivity index is 0.000000221. The van der Waals surface area contributed by atoms with E-state index in [1.54, 1.807) is 36.7 Å². The molecule has 2 saturated carbocycles. The van der Waals surface area contributed by atoms with Gasteiger partial charge < -0.3 is 29.9 Å². The molecule has 0 radical (unpaired) electrons. The maximum absolute atomic E-state index is 12.5. The molecule has 2 aliphatic carbocycles. The average molecular weight is 851 g/mol. The van der Waals surface area contributed by atoms with Crippen molar-refractivity contribution in [2.75, 3.05) is 36.8 Å². The molecule has 2 aromatic rings. The highest BCUT2D eigenvalue weighted by Gasteiger charge is 2.63. The molecule has 2 aromatic heterocycles. The summed E-state index contributed by atoms with van der Waals surface area (Å²) in [7, 11) is 0. The van der Waals surface area contributed by atoms with E-state index < -0.39 is 59.9 Å². The highest BCUT2D eigenvalue weighted by Crippen LogP contribution is 2.60. The van der Waals surface area contributed by atoms with Crippen LogP contribution in [-0.4, -0.2) is 107 Å². The molecule has 4 aliphatic rings. The summed E-state index contributed by atoms with van der Waals surface area (Å²) < 4.78 is 158. The van der Waals surface area contributed by atoms with Crippen LogP contribution in [0, 0.1) is 22.7 Å². The van der Waals surface area contributed by atoms with Crippen molar-refractivity contribution in [3.8, 4) is 0 Å². The van der Waals surface area contributed by atoms with Crippen LogP contribution in [0.25, 0.3) is 0 Å². The van der Waals surface area contributed by atoms with Crippen molar-refractivity contribution in [3.63, 3.8) is 0 Å². The van der Waals surface area contributed by atoms with Gasteiger partial charge in [-0.3, -0.25) is 19.6 Å². The maximum Gasteiger partial charge on any atom is 0.434 e. The quantitative estimate of drug-likeness (QED) is 0.285. The molecule has 2 atom stereocenters. The summed E-state index contributed by atoms with van der Waals surface area (Å²) in [6.07, 6.45) is -26.4. The van der Waals surface area contributed by atoms with Crippen molar-refractivity contribution in [2.24, 2.45) is 22.7 Å². The Labute approximate surface area is 320 Å². The van der Waals surface area contributed by atoms with Gasteiger partial charge in [-0.25, -0.2) is 9.59 Å². The van der Waals surface area contributed by atoms with E-state index >= 15 is 0 Å². The lowest BCUT2D eigenvalue weighted by Gasteiger charge is -2.33. The minimum Gasteiger partial charge on any atom is -0.426 e. The standard InChI is InChI=1S/2C17H17F6N3O3/c2*18-16(19,20)13(17(21,22)23)29-14(28)26-6-3-15(4-7-26)8-11(15)12(27)25-10-2-1-5-24-9-10/h2*1-2,5,9,11,13H,3-4,6-8H2,(H,25,27)/t2*11-/m10/s1. The molecule has 12 nitrogen and oxygen atoms in total. The van der Waals surface area contributed by atoms with Crippen molar-refractivity contribution < 1.29 is 81.3 Å². The Morgan fingerprint density at radius 3 is 1.16 bits per heavy atom. The second kappa shape index (κ2) is 16.3. The van der Waals surface area contributed by atoms with Crippen LogP contribution >= 0.6 is 0 Å². The molecule has 2 N–H and O–H groups in total. The molecule has 2 saturated heterocycles. The molecular formula is C34H34F12N6O6. The van der Waals surface area contributed by atoms with Crippen LogP contribution in [0.1, 0.15) is 38.5 Å². The summed E-state index contributed by atoms with van der Waals surface area (Å²) in [6.45, 7) is -0.342. The fourth-order valence-corrected chi connectivity index (χ4v) is 7.13.